The van der Waals surface area contributed by atoms with Crippen LogP contribution in [0.1, 0.15) is 32.6 Å². The van der Waals surface area contributed by atoms with Crippen LogP contribution >= 0.6 is 0 Å². The molecule has 2 nitrogen and oxygen atoms in total. The van der Waals surface area contributed by atoms with Gasteiger partial charge in [-0.05, 0) is 24.8 Å². The predicted molar refractivity (Wildman–Crippen MR) is 60.9 cm³/mol. The summed E-state index contributed by atoms with van der Waals surface area (Å²) in [5.74, 6) is 1.40. The molecule has 0 aromatic heterocycles. The van der Waals surface area contributed by atoms with Gasteiger partial charge in [0.25, 0.3) is 0 Å². The third-order valence-electron chi connectivity index (χ3n) is 3.38. The molecule has 1 fully saturated rings. The molecule has 0 aliphatic heterocycles. The summed E-state index contributed by atoms with van der Waals surface area (Å²) < 4.78 is 39.8. The number of halogens is 3. The number of rotatable bonds is 6. The van der Waals surface area contributed by atoms with Crippen LogP contribution in [0.5, 0.6) is 0 Å². The molecule has 1 saturated carbocycles. The number of nitrogens with one attached hydrogen (secondary N) is 1. The van der Waals surface area contributed by atoms with Crippen molar-refractivity contribution in [3.8, 4) is 0 Å². The summed E-state index contributed by atoms with van der Waals surface area (Å²) in [5, 5.41) is 3.18. The lowest BCUT2D eigenvalue weighted by Gasteiger charge is -2.28. The van der Waals surface area contributed by atoms with Crippen LogP contribution in [0.2, 0.25) is 0 Å². The summed E-state index contributed by atoms with van der Waals surface area (Å²) in [4.78, 5) is 0. The van der Waals surface area contributed by atoms with Crippen molar-refractivity contribution in [1.82, 2.24) is 5.32 Å². The Morgan fingerprint density at radius 1 is 1.24 bits per heavy atom. The molecule has 0 spiro atoms. The Bertz CT molecular complexity index is 208. The molecule has 2 unspecified atom stereocenters. The van der Waals surface area contributed by atoms with Crippen LogP contribution < -0.4 is 5.32 Å². The van der Waals surface area contributed by atoms with Gasteiger partial charge in [-0.1, -0.05) is 26.2 Å². The van der Waals surface area contributed by atoms with Crippen LogP contribution in [-0.4, -0.2) is 32.5 Å². The van der Waals surface area contributed by atoms with Gasteiger partial charge in [0.1, 0.15) is 6.61 Å². The largest absolute Gasteiger partial charge is 0.411 e. The van der Waals surface area contributed by atoms with Crippen LogP contribution in [0.4, 0.5) is 13.2 Å². The molecule has 1 aliphatic carbocycles. The highest BCUT2D eigenvalue weighted by atomic mass is 19.4. The van der Waals surface area contributed by atoms with Gasteiger partial charge >= 0.3 is 6.18 Å². The number of hydrogen-bond donors (Lipinski definition) is 1. The molecule has 0 bridgehead atoms. The van der Waals surface area contributed by atoms with E-state index in [1.165, 1.54) is 25.7 Å². The SMILES string of the molecule is CC1CCCCC1CNCCOCC(F)(F)F. The second-order valence-electron chi connectivity index (χ2n) is 4.89. The first-order valence-electron chi connectivity index (χ1n) is 6.34. The number of ether oxygens (including phenoxy) is 1. The van der Waals surface area contributed by atoms with Crippen LogP contribution in [0.15, 0.2) is 0 Å². The Kier molecular flexibility index (Phi) is 6.27. The summed E-state index contributed by atoms with van der Waals surface area (Å²) in [5.41, 5.74) is 0. The van der Waals surface area contributed by atoms with E-state index in [1.807, 2.05) is 0 Å². The van der Waals surface area contributed by atoms with Crippen molar-refractivity contribution in [3.05, 3.63) is 0 Å². The predicted octanol–water partition coefficient (Wildman–Crippen LogP) is 2.98. The first-order valence-corrected chi connectivity index (χ1v) is 6.34. The van der Waals surface area contributed by atoms with Crippen LogP contribution in [-0.2, 0) is 4.74 Å². The Labute approximate surface area is 101 Å². The van der Waals surface area contributed by atoms with Gasteiger partial charge in [-0.2, -0.15) is 13.2 Å². The van der Waals surface area contributed by atoms with Gasteiger partial charge < -0.3 is 10.1 Å². The summed E-state index contributed by atoms with van der Waals surface area (Å²) in [6.45, 7) is 2.64. The van der Waals surface area contributed by atoms with Gasteiger partial charge in [0.15, 0.2) is 0 Å². The highest BCUT2D eigenvalue weighted by Crippen LogP contribution is 2.28. The minimum absolute atomic E-state index is 0.126. The van der Waals surface area contributed by atoms with E-state index in [0.717, 1.165) is 12.5 Å². The Morgan fingerprint density at radius 2 is 1.94 bits per heavy atom. The zero-order valence-corrected chi connectivity index (χ0v) is 10.4. The van der Waals surface area contributed by atoms with Crippen molar-refractivity contribution in [1.29, 1.82) is 0 Å². The van der Waals surface area contributed by atoms with Gasteiger partial charge in [0.05, 0.1) is 6.61 Å². The summed E-state index contributed by atoms with van der Waals surface area (Å²) in [6, 6.07) is 0. The van der Waals surface area contributed by atoms with Crippen molar-refractivity contribution in [2.75, 3.05) is 26.3 Å². The van der Waals surface area contributed by atoms with Gasteiger partial charge in [-0.25, -0.2) is 0 Å². The normalized spacial score (nSPS) is 26.1. The molecule has 0 radical (unpaired) electrons. The van der Waals surface area contributed by atoms with E-state index in [-0.39, 0.29) is 6.61 Å². The summed E-state index contributed by atoms with van der Waals surface area (Å²) >= 11 is 0. The lowest BCUT2D eigenvalue weighted by atomic mass is 9.80. The Balaban J connectivity index is 1.96. The molecule has 0 saturated heterocycles. The fourth-order valence-corrected chi connectivity index (χ4v) is 2.32. The average Bonchev–Trinajstić information content (AvgIpc) is 2.24. The Hall–Kier alpha value is -0.290. The van der Waals surface area contributed by atoms with Crippen molar-refractivity contribution in [2.24, 2.45) is 11.8 Å². The molecule has 0 aromatic rings. The number of alkyl halides is 3. The molecular formula is C12H22F3NO. The molecular weight excluding hydrogens is 231 g/mol. The highest BCUT2D eigenvalue weighted by molar-refractivity contribution is 4.73. The van der Waals surface area contributed by atoms with Crippen LogP contribution in [0, 0.1) is 11.8 Å². The van der Waals surface area contributed by atoms with Crippen LogP contribution in [0.25, 0.3) is 0 Å². The lowest BCUT2D eigenvalue weighted by molar-refractivity contribution is -0.173. The fourth-order valence-electron chi connectivity index (χ4n) is 2.32. The van der Waals surface area contributed by atoms with E-state index in [0.29, 0.717) is 12.5 Å². The van der Waals surface area contributed by atoms with E-state index in [9.17, 15) is 13.2 Å². The zero-order chi connectivity index (χ0) is 12.7. The van der Waals surface area contributed by atoms with E-state index in [2.05, 4.69) is 17.0 Å². The molecule has 0 heterocycles. The molecule has 5 heteroatoms. The minimum Gasteiger partial charge on any atom is -0.371 e. The topological polar surface area (TPSA) is 21.3 Å². The van der Waals surface area contributed by atoms with Crippen molar-refractivity contribution in [3.63, 3.8) is 0 Å². The molecule has 1 aliphatic rings. The first kappa shape index (κ1) is 14.8. The maximum absolute atomic E-state index is 11.8. The molecule has 102 valence electrons. The third kappa shape index (κ3) is 6.88. The molecule has 0 amide bonds. The van der Waals surface area contributed by atoms with Gasteiger partial charge in [-0.15, -0.1) is 0 Å². The monoisotopic (exact) mass is 253 g/mol. The number of hydrogen-bond acceptors (Lipinski definition) is 2. The smallest absolute Gasteiger partial charge is 0.371 e. The fraction of sp³-hybridized carbons (Fsp3) is 1.00. The molecule has 0 aromatic carbocycles. The molecule has 1 N–H and O–H groups in total. The molecule has 2 atom stereocenters. The average molecular weight is 253 g/mol. The maximum Gasteiger partial charge on any atom is 0.411 e. The zero-order valence-electron chi connectivity index (χ0n) is 10.4. The van der Waals surface area contributed by atoms with Crippen molar-refractivity contribution < 1.29 is 17.9 Å². The van der Waals surface area contributed by atoms with E-state index in [4.69, 9.17) is 0 Å². The standard InChI is InChI=1S/C12H22F3NO/c1-10-4-2-3-5-11(10)8-16-6-7-17-9-12(13,14)15/h10-11,16H,2-9H2,1H3. The minimum atomic E-state index is -4.21. The van der Waals surface area contributed by atoms with Gasteiger partial charge in [0.2, 0.25) is 0 Å². The van der Waals surface area contributed by atoms with E-state index in [1.54, 1.807) is 0 Å². The van der Waals surface area contributed by atoms with Crippen LogP contribution in [0.3, 0.4) is 0 Å². The summed E-state index contributed by atoms with van der Waals surface area (Å²) in [7, 11) is 0. The quantitative estimate of drug-likeness (QED) is 0.735. The highest BCUT2D eigenvalue weighted by Gasteiger charge is 2.27. The van der Waals surface area contributed by atoms with E-state index >= 15 is 0 Å². The second kappa shape index (κ2) is 7.21. The maximum atomic E-state index is 11.8. The first-order chi connectivity index (χ1) is 7.99. The van der Waals surface area contributed by atoms with Gasteiger partial charge in [0, 0.05) is 6.54 Å². The van der Waals surface area contributed by atoms with Crippen molar-refractivity contribution >= 4 is 0 Å². The Morgan fingerprint density at radius 3 is 2.59 bits per heavy atom. The third-order valence-corrected chi connectivity index (χ3v) is 3.38. The molecule has 1 rings (SSSR count). The molecule has 17 heavy (non-hydrogen) atoms. The van der Waals surface area contributed by atoms with Crippen molar-refractivity contribution in [2.45, 2.75) is 38.8 Å². The summed E-state index contributed by atoms with van der Waals surface area (Å²) in [6.07, 6.45) is 0.889. The van der Waals surface area contributed by atoms with Gasteiger partial charge in [-0.3, -0.25) is 0 Å². The van der Waals surface area contributed by atoms with E-state index < -0.39 is 12.8 Å². The second-order valence-corrected chi connectivity index (χ2v) is 4.89. The lowest BCUT2D eigenvalue weighted by Crippen LogP contribution is -2.32.